The van der Waals surface area contributed by atoms with Gasteiger partial charge in [0.25, 0.3) is 5.56 Å². The smallest absolute Gasteiger partial charge is 0.297 e. The normalized spacial score (nSPS) is 14.3. The van der Waals surface area contributed by atoms with Crippen LogP contribution in [-0.2, 0) is 11.3 Å². The minimum absolute atomic E-state index is 0.00265. The molecule has 1 fully saturated rings. The maximum atomic E-state index is 11.8. The molecule has 0 aliphatic heterocycles. The molecule has 0 radical (unpaired) electrons. The number of halogens is 1. The summed E-state index contributed by atoms with van der Waals surface area (Å²) in [6.45, 7) is 0.595. The molecule has 2 rings (SSSR count). The van der Waals surface area contributed by atoms with Crippen LogP contribution in [0.3, 0.4) is 0 Å². The van der Waals surface area contributed by atoms with E-state index in [0.717, 1.165) is 12.8 Å². The lowest BCUT2D eigenvalue weighted by Crippen LogP contribution is -2.33. The lowest BCUT2D eigenvalue weighted by Gasteiger charge is -2.08. The van der Waals surface area contributed by atoms with Crippen LogP contribution in [0.1, 0.15) is 12.8 Å². The predicted octanol–water partition coefficient (Wildman–Crippen LogP) is 0.432. The Hall–Kier alpha value is -1.56. The second-order valence-corrected chi connectivity index (χ2v) is 4.61. The topological polar surface area (TPSA) is 73.2 Å². The Morgan fingerprint density at radius 2 is 2.39 bits per heavy atom. The summed E-state index contributed by atoms with van der Waals surface area (Å²) in [6.07, 6.45) is 3.57. The van der Waals surface area contributed by atoms with Crippen molar-refractivity contribution in [2.75, 3.05) is 13.7 Å². The molecule has 0 unspecified atom stereocenters. The van der Waals surface area contributed by atoms with E-state index in [1.807, 2.05) is 0 Å². The number of carbonyl (C=O) groups excluding carboxylic acids is 1. The SMILES string of the molecule is COc1c(Cl)ncn(CC(=O)NCC2CC2)c1=O. The average molecular weight is 272 g/mol. The molecule has 6 nitrogen and oxygen atoms in total. The van der Waals surface area contributed by atoms with Gasteiger partial charge in [0, 0.05) is 6.54 Å². The molecule has 98 valence electrons. The first-order valence-corrected chi connectivity index (χ1v) is 6.05. The van der Waals surface area contributed by atoms with Crippen molar-refractivity contribution in [1.82, 2.24) is 14.9 Å². The van der Waals surface area contributed by atoms with Gasteiger partial charge in [-0.2, -0.15) is 0 Å². The molecule has 7 heteroatoms. The number of amides is 1. The second-order valence-electron chi connectivity index (χ2n) is 4.25. The average Bonchev–Trinajstić information content (AvgIpc) is 3.15. The zero-order valence-corrected chi connectivity index (χ0v) is 10.7. The third-order valence-electron chi connectivity index (χ3n) is 2.76. The highest BCUT2D eigenvalue weighted by atomic mass is 35.5. The molecule has 1 aliphatic carbocycles. The lowest BCUT2D eigenvalue weighted by molar-refractivity contribution is -0.121. The zero-order valence-electron chi connectivity index (χ0n) is 9.98. The second kappa shape index (κ2) is 5.39. The number of hydrogen-bond acceptors (Lipinski definition) is 4. The van der Waals surface area contributed by atoms with Crippen LogP contribution < -0.4 is 15.6 Å². The van der Waals surface area contributed by atoms with Crippen molar-refractivity contribution in [3.05, 3.63) is 21.8 Å². The minimum atomic E-state index is -0.459. The van der Waals surface area contributed by atoms with Crippen molar-refractivity contribution in [3.63, 3.8) is 0 Å². The van der Waals surface area contributed by atoms with Gasteiger partial charge in [0.15, 0.2) is 5.15 Å². The van der Waals surface area contributed by atoms with Gasteiger partial charge in [-0.25, -0.2) is 4.98 Å². The third kappa shape index (κ3) is 3.01. The van der Waals surface area contributed by atoms with Gasteiger partial charge in [-0.15, -0.1) is 0 Å². The number of ether oxygens (including phenoxy) is 1. The highest BCUT2D eigenvalue weighted by molar-refractivity contribution is 6.30. The summed E-state index contributed by atoms with van der Waals surface area (Å²) < 4.78 is 6.02. The standard InChI is InChI=1S/C11H14ClN3O3/c1-18-9-10(12)14-6-15(11(9)17)5-8(16)13-4-7-2-3-7/h6-7H,2-5H2,1H3,(H,13,16). The molecule has 0 aromatic carbocycles. The van der Waals surface area contributed by atoms with Crippen LogP contribution in [0.4, 0.5) is 0 Å². The first-order valence-electron chi connectivity index (χ1n) is 5.67. The maximum Gasteiger partial charge on any atom is 0.297 e. The van der Waals surface area contributed by atoms with Crippen molar-refractivity contribution < 1.29 is 9.53 Å². The van der Waals surface area contributed by atoms with Crippen LogP contribution >= 0.6 is 11.6 Å². The Kier molecular flexibility index (Phi) is 3.86. The van der Waals surface area contributed by atoms with Gasteiger partial charge in [-0.05, 0) is 18.8 Å². The van der Waals surface area contributed by atoms with E-state index in [9.17, 15) is 9.59 Å². The molecule has 1 saturated carbocycles. The van der Waals surface area contributed by atoms with E-state index in [1.54, 1.807) is 0 Å². The molecule has 1 N–H and O–H groups in total. The molecule has 1 amide bonds. The summed E-state index contributed by atoms with van der Waals surface area (Å²) in [5, 5.41) is 2.77. The summed E-state index contributed by atoms with van der Waals surface area (Å²) >= 11 is 5.70. The van der Waals surface area contributed by atoms with Crippen LogP contribution in [0, 0.1) is 5.92 Å². The van der Waals surface area contributed by atoms with E-state index >= 15 is 0 Å². The van der Waals surface area contributed by atoms with Crippen LogP contribution in [0.25, 0.3) is 0 Å². The van der Waals surface area contributed by atoms with Crippen molar-refractivity contribution in [2.45, 2.75) is 19.4 Å². The van der Waals surface area contributed by atoms with Gasteiger partial charge in [-0.1, -0.05) is 11.6 Å². The fraction of sp³-hybridized carbons (Fsp3) is 0.545. The van der Waals surface area contributed by atoms with E-state index in [0.29, 0.717) is 12.5 Å². The van der Waals surface area contributed by atoms with Gasteiger partial charge >= 0.3 is 0 Å². The van der Waals surface area contributed by atoms with Crippen LogP contribution in [0.5, 0.6) is 5.75 Å². The van der Waals surface area contributed by atoms with E-state index in [-0.39, 0.29) is 23.4 Å². The quantitative estimate of drug-likeness (QED) is 0.789. The lowest BCUT2D eigenvalue weighted by atomic mass is 10.4. The predicted molar refractivity (Wildman–Crippen MR) is 65.8 cm³/mol. The molecule has 1 heterocycles. The fourth-order valence-corrected chi connectivity index (χ4v) is 1.73. The molecule has 0 bridgehead atoms. The largest absolute Gasteiger partial charge is 0.489 e. The number of nitrogens with one attached hydrogen (secondary N) is 1. The molecule has 1 aromatic rings. The highest BCUT2D eigenvalue weighted by Gasteiger charge is 2.21. The van der Waals surface area contributed by atoms with Crippen LogP contribution in [-0.4, -0.2) is 29.1 Å². The van der Waals surface area contributed by atoms with Gasteiger partial charge in [-0.3, -0.25) is 14.2 Å². The third-order valence-corrected chi connectivity index (χ3v) is 3.03. The number of nitrogens with zero attached hydrogens (tertiary/aromatic N) is 2. The van der Waals surface area contributed by atoms with Crippen molar-refractivity contribution in [1.29, 1.82) is 0 Å². The number of aromatic nitrogens is 2. The maximum absolute atomic E-state index is 11.8. The first kappa shape index (κ1) is 12.9. The Labute approximate surface area is 109 Å². The Morgan fingerprint density at radius 3 is 3.00 bits per heavy atom. The molecule has 0 saturated heterocycles. The molecule has 1 aliphatic rings. The minimum Gasteiger partial charge on any atom is -0.489 e. The van der Waals surface area contributed by atoms with Gasteiger partial charge < -0.3 is 10.1 Å². The molecular formula is C11H14ClN3O3. The number of carbonyl (C=O) groups is 1. The van der Waals surface area contributed by atoms with E-state index < -0.39 is 5.56 Å². The summed E-state index contributed by atoms with van der Waals surface area (Å²) in [5.74, 6) is 0.341. The summed E-state index contributed by atoms with van der Waals surface area (Å²) in [5.41, 5.74) is -0.459. The Bertz CT molecular complexity index is 511. The Morgan fingerprint density at radius 1 is 1.67 bits per heavy atom. The molecule has 0 atom stereocenters. The van der Waals surface area contributed by atoms with Gasteiger partial charge in [0.2, 0.25) is 11.7 Å². The van der Waals surface area contributed by atoms with E-state index in [1.165, 1.54) is 18.0 Å². The molecular weight excluding hydrogens is 258 g/mol. The first-order chi connectivity index (χ1) is 8.61. The van der Waals surface area contributed by atoms with Crippen molar-refractivity contribution >= 4 is 17.5 Å². The van der Waals surface area contributed by atoms with Crippen LogP contribution in [0.2, 0.25) is 5.15 Å². The van der Waals surface area contributed by atoms with Gasteiger partial charge in [0.1, 0.15) is 6.54 Å². The van der Waals surface area contributed by atoms with Crippen molar-refractivity contribution in [3.8, 4) is 5.75 Å². The monoisotopic (exact) mass is 271 g/mol. The molecule has 1 aromatic heterocycles. The number of methoxy groups -OCH3 is 1. The number of hydrogen-bond donors (Lipinski definition) is 1. The fourth-order valence-electron chi connectivity index (χ4n) is 1.53. The molecule has 0 spiro atoms. The van der Waals surface area contributed by atoms with E-state index in [4.69, 9.17) is 16.3 Å². The number of rotatable bonds is 5. The molecule has 18 heavy (non-hydrogen) atoms. The van der Waals surface area contributed by atoms with Crippen molar-refractivity contribution in [2.24, 2.45) is 5.92 Å². The highest BCUT2D eigenvalue weighted by Crippen LogP contribution is 2.27. The summed E-state index contributed by atoms with van der Waals surface area (Å²) in [6, 6.07) is 0. The summed E-state index contributed by atoms with van der Waals surface area (Å²) in [7, 11) is 1.34. The summed E-state index contributed by atoms with van der Waals surface area (Å²) in [4.78, 5) is 27.2. The van der Waals surface area contributed by atoms with E-state index in [2.05, 4.69) is 10.3 Å². The Balaban J connectivity index is 2.03. The van der Waals surface area contributed by atoms with Gasteiger partial charge in [0.05, 0.1) is 13.4 Å². The zero-order chi connectivity index (χ0) is 13.1. The van der Waals surface area contributed by atoms with Crippen LogP contribution in [0.15, 0.2) is 11.1 Å².